The number of rotatable bonds is 5. The lowest BCUT2D eigenvalue weighted by molar-refractivity contribution is -0.118. The zero-order valence-corrected chi connectivity index (χ0v) is 22.1. The van der Waals surface area contributed by atoms with Gasteiger partial charge in [0.25, 0.3) is 5.91 Å². The summed E-state index contributed by atoms with van der Waals surface area (Å²) in [5.41, 5.74) is 7.07. The van der Waals surface area contributed by atoms with Crippen molar-refractivity contribution in [3.05, 3.63) is 80.1 Å². The Kier molecular flexibility index (Phi) is 6.84. The van der Waals surface area contributed by atoms with Gasteiger partial charge in [0.15, 0.2) is 18.2 Å². The molecule has 0 unspecified atom stereocenters. The maximum absolute atomic E-state index is 13.0. The summed E-state index contributed by atoms with van der Waals surface area (Å²) in [5.74, 6) is 0.131. The van der Waals surface area contributed by atoms with Crippen molar-refractivity contribution < 1.29 is 19.1 Å². The van der Waals surface area contributed by atoms with E-state index in [-0.39, 0.29) is 30.0 Å². The molecule has 1 amide bonds. The minimum absolute atomic E-state index is 0.109. The fourth-order valence-electron chi connectivity index (χ4n) is 5.33. The number of carbonyl (C=O) groups excluding carboxylic acids is 3. The third-order valence-electron chi connectivity index (χ3n) is 7.11. The van der Waals surface area contributed by atoms with E-state index >= 15 is 0 Å². The molecule has 0 atom stereocenters. The Balaban J connectivity index is 1.38. The average molecular weight is 549 g/mol. The maximum Gasteiger partial charge on any atom is 0.262 e. The lowest BCUT2D eigenvalue weighted by atomic mass is 9.71. The van der Waals surface area contributed by atoms with Gasteiger partial charge in [0, 0.05) is 47.0 Å². The number of amides is 1. The molecule has 186 valence electrons. The summed E-state index contributed by atoms with van der Waals surface area (Å²) in [6.45, 7) is 3.79. The van der Waals surface area contributed by atoms with Crippen molar-refractivity contribution in [1.82, 2.24) is 5.32 Å². The zero-order chi connectivity index (χ0) is 25.4. The van der Waals surface area contributed by atoms with E-state index in [1.54, 1.807) is 6.07 Å². The first-order valence-corrected chi connectivity index (χ1v) is 13.2. The van der Waals surface area contributed by atoms with Crippen LogP contribution in [0.2, 0.25) is 0 Å². The highest BCUT2D eigenvalue weighted by Crippen LogP contribution is 2.46. The zero-order valence-electron chi connectivity index (χ0n) is 20.5. The van der Waals surface area contributed by atoms with Crippen LogP contribution >= 0.6 is 15.9 Å². The second kappa shape index (κ2) is 10.1. The van der Waals surface area contributed by atoms with E-state index in [2.05, 4.69) is 26.6 Å². The average Bonchev–Trinajstić information content (AvgIpc) is 2.84. The molecule has 2 aromatic rings. The molecule has 36 heavy (non-hydrogen) atoms. The molecule has 0 fully saturated rings. The third kappa shape index (κ3) is 4.76. The van der Waals surface area contributed by atoms with Crippen LogP contribution in [0, 0.1) is 13.8 Å². The number of ether oxygens (including phenoxy) is 1. The van der Waals surface area contributed by atoms with Crippen molar-refractivity contribution in [3.63, 3.8) is 0 Å². The summed E-state index contributed by atoms with van der Waals surface area (Å²) >= 11 is 3.58. The summed E-state index contributed by atoms with van der Waals surface area (Å²) in [7, 11) is 0. The highest BCUT2D eigenvalue weighted by atomic mass is 79.9. The van der Waals surface area contributed by atoms with Crippen LogP contribution in [0.3, 0.4) is 0 Å². The first kappa shape index (κ1) is 24.5. The molecule has 2 aromatic carbocycles. The minimum Gasteiger partial charge on any atom is -0.483 e. The summed E-state index contributed by atoms with van der Waals surface area (Å²) in [6, 6.07) is 11.5. The Morgan fingerprint density at radius 3 is 2.28 bits per heavy atom. The number of allylic oxidation sites excluding steroid dienone is 4. The predicted octanol–water partition coefficient (Wildman–Crippen LogP) is 5.78. The van der Waals surface area contributed by atoms with Gasteiger partial charge >= 0.3 is 0 Å². The molecule has 0 saturated heterocycles. The van der Waals surface area contributed by atoms with Gasteiger partial charge in [-0.1, -0.05) is 18.2 Å². The number of benzene rings is 2. The first-order valence-electron chi connectivity index (χ1n) is 12.4. The van der Waals surface area contributed by atoms with Crippen LogP contribution < -0.4 is 15.4 Å². The first-order chi connectivity index (χ1) is 17.3. The van der Waals surface area contributed by atoms with Gasteiger partial charge in [0.05, 0.1) is 4.47 Å². The van der Waals surface area contributed by atoms with Crippen molar-refractivity contribution in [2.75, 3.05) is 11.9 Å². The van der Waals surface area contributed by atoms with Crippen molar-refractivity contribution in [3.8, 4) is 5.75 Å². The molecule has 0 spiro atoms. The quantitative estimate of drug-likeness (QED) is 0.494. The van der Waals surface area contributed by atoms with E-state index in [9.17, 15) is 14.4 Å². The summed E-state index contributed by atoms with van der Waals surface area (Å²) < 4.78 is 6.48. The van der Waals surface area contributed by atoms with E-state index in [0.717, 1.165) is 70.6 Å². The minimum atomic E-state index is -0.366. The number of aryl methyl sites for hydroxylation is 2. The molecule has 2 N–H and O–H groups in total. The van der Waals surface area contributed by atoms with Gasteiger partial charge in [-0.15, -0.1) is 0 Å². The van der Waals surface area contributed by atoms with Crippen molar-refractivity contribution in [2.45, 2.75) is 58.3 Å². The smallest absolute Gasteiger partial charge is 0.262 e. The van der Waals surface area contributed by atoms with E-state index in [0.29, 0.717) is 23.1 Å². The molecule has 6 nitrogen and oxygen atoms in total. The fourth-order valence-corrected chi connectivity index (χ4v) is 5.84. The van der Waals surface area contributed by atoms with Crippen LogP contribution in [0.5, 0.6) is 5.75 Å². The van der Waals surface area contributed by atoms with Gasteiger partial charge < -0.3 is 15.4 Å². The van der Waals surface area contributed by atoms with E-state index in [1.165, 1.54) is 0 Å². The standard InChI is InChI=1S/C29H29BrN2O4/c1-16-9-10-17(2)22(13-16)32-26(35)15-36-25-12-11-18(14-19(25)30)27-28-20(5-3-7-23(28)33)31-21-6-4-8-24(34)29(21)27/h9-14,27,31H,3-8,15H2,1-2H3,(H,32,35). The Hall–Kier alpha value is -3.19. The van der Waals surface area contributed by atoms with E-state index < -0.39 is 0 Å². The second-order valence-corrected chi connectivity index (χ2v) is 10.6. The lowest BCUT2D eigenvalue weighted by Gasteiger charge is -2.37. The molecule has 1 heterocycles. The summed E-state index contributed by atoms with van der Waals surface area (Å²) in [6.07, 6.45) is 4.31. The van der Waals surface area contributed by atoms with Gasteiger partial charge in [-0.25, -0.2) is 0 Å². The highest BCUT2D eigenvalue weighted by Gasteiger charge is 2.40. The second-order valence-electron chi connectivity index (χ2n) is 9.74. The monoisotopic (exact) mass is 548 g/mol. The van der Waals surface area contributed by atoms with Crippen LogP contribution in [-0.4, -0.2) is 24.1 Å². The van der Waals surface area contributed by atoms with E-state index in [1.807, 2.05) is 44.2 Å². The molecule has 0 bridgehead atoms. The Morgan fingerprint density at radius 2 is 1.64 bits per heavy atom. The van der Waals surface area contributed by atoms with Crippen LogP contribution in [0.25, 0.3) is 0 Å². The number of halogens is 1. The van der Waals surface area contributed by atoms with Crippen LogP contribution in [0.4, 0.5) is 5.69 Å². The van der Waals surface area contributed by atoms with Crippen molar-refractivity contribution in [1.29, 1.82) is 0 Å². The number of hydrogen-bond donors (Lipinski definition) is 2. The molecule has 0 aromatic heterocycles. The maximum atomic E-state index is 13.0. The Bertz CT molecular complexity index is 1300. The third-order valence-corrected chi connectivity index (χ3v) is 7.73. The summed E-state index contributed by atoms with van der Waals surface area (Å²) in [4.78, 5) is 38.5. The number of nitrogens with one attached hydrogen (secondary N) is 2. The summed E-state index contributed by atoms with van der Waals surface area (Å²) in [5, 5.41) is 6.34. The van der Waals surface area contributed by atoms with Gasteiger partial charge in [-0.05, 0) is 90.4 Å². The molecule has 3 aliphatic rings. The lowest BCUT2D eigenvalue weighted by Crippen LogP contribution is -2.36. The molecular formula is C29H29BrN2O4. The van der Waals surface area contributed by atoms with Crippen molar-refractivity contribution in [2.24, 2.45) is 0 Å². The highest BCUT2D eigenvalue weighted by molar-refractivity contribution is 9.10. The largest absolute Gasteiger partial charge is 0.483 e. The molecule has 1 aliphatic heterocycles. The molecule has 2 aliphatic carbocycles. The van der Waals surface area contributed by atoms with Gasteiger partial charge in [-0.3, -0.25) is 14.4 Å². The topological polar surface area (TPSA) is 84.5 Å². The molecular weight excluding hydrogens is 520 g/mol. The Labute approximate surface area is 219 Å². The molecule has 7 heteroatoms. The fraction of sp³-hybridized carbons (Fsp3) is 0.345. The SMILES string of the molecule is Cc1ccc(C)c(NC(=O)COc2ccc(C3C4=C(CCCC4=O)NC4=C3C(=O)CCC4)cc2Br)c1. The van der Waals surface area contributed by atoms with Crippen LogP contribution in [0.1, 0.15) is 61.1 Å². The number of dihydropyridines is 1. The Morgan fingerprint density at radius 1 is 0.972 bits per heavy atom. The molecule has 0 saturated carbocycles. The van der Waals surface area contributed by atoms with Gasteiger partial charge in [0.1, 0.15) is 5.75 Å². The number of Topliss-reactive ketones (excluding diaryl/α,β-unsaturated/α-hetero) is 2. The number of carbonyl (C=O) groups is 3. The van der Waals surface area contributed by atoms with Crippen molar-refractivity contribution >= 4 is 39.1 Å². The normalized spacial score (nSPS) is 18.0. The predicted molar refractivity (Wildman–Crippen MR) is 142 cm³/mol. The van der Waals surface area contributed by atoms with Crippen LogP contribution in [0.15, 0.2) is 63.4 Å². The van der Waals surface area contributed by atoms with Gasteiger partial charge in [0.2, 0.25) is 0 Å². The number of hydrogen-bond acceptors (Lipinski definition) is 5. The molecule has 5 rings (SSSR count). The van der Waals surface area contributed by atoms with E-state index in [4.69, 9.17) is 4.74 Å². The van der Waals surface area contributed by atoms with Gasteiger partial charge in [-0.2, -0.15) is 0 Å². The molecule has 0 radical (unpaired) electrons. The number of ketones is 2. The number of anilines is 1. The van der Waals surface area contributed by atoms with Crippen LogP contribution in [-0.2, 0) is 14.4 Å².